The van der Waals surface area contributed by atoms with Gasteiger partial charge in [-0.3, -0.25) is 0 Å². The SMILES string of the molecule is N#Cc1ccc(-c2cccc(-n3c4ccccc4c4ccc(C#N)cc43)c2)c(-n2c3ccccc3c3ccc(-n4c5ccccc5c5ccccc54)cc32)c1. The van der Waals surface area contributed by atoms with E-state index >= 15 is 0 Å². The van der Waals surface area contributed by atoms with Crippen LogP contribution in [0.25, 0.3) is 93.6 Å². The van der Waals surface area contributed by atoms with Crippen LogP contribution in [0.2, 0.25) is 0 Å². The Balaban J connectivity index is 1.18. The van der Waals surface area contributed by atoms with Gasteiger partial charge < -0.3 is 13.7 Å². The lowest BCUT2D eigenvalue weighted by Gasteiger charge is -2.17. The smallest absolute Gasteiger partial charge is 0.0992 e. The van der Waals surface area contributed by atoms with Crippen molar-refractivity contribution in [2.24, 2.45) is 0 Å². The van der Waals surface area contributed by atoms with Crippen LogP contribution >= 0.6 is 0 Å². The van der Waals surface area contributed by atoms with Crippen LogP contribution in [0.1, 0.15) is 11.1 Å². The van der Waals surface area contributed by atoms with Gasteiger partial charge in [-0.25, -0.2) is 0 Å². The number of rotatable bonds is 4. The Morgan fingerprint density at radius 2 is 0.782 bits per heavy atom. The van der Waals surface area contributed by atoms with Crippen LogP contribution in [-0.4, -0.2) is 13.7 Å². The standard InChI is InChI=1S/C50H29N5/c51-30-32-20-23-37(34-10-9-11-35(28-34)54-46-18-7-3-14-40(46)42-24-21-33(31-52)27-49(42)54)48(26-32)55-47-19-8-4-15-41(47)43-25-22-36(29-50(43)55)53-44-16-5-1-12-38(44)39-13-2-6-17-45(39)53/h1-29H. The zero-order valence-electron chi connectivity index (χ0n) is 29.5. The molecule has 0 unspecified atom stereocenters. The van der Waals surface area contributed by atoms with Gasteiger partial charge in [-0.05, 0) is 78.4 Å². The average Bonchev–Trinajstić information content (AvgIpc) is 3.88. The lowest BCUT2D eigenvalue weighted by molar-refractivity contribution is 1.15. The van der Waals surface area contributed by atoms with E-state index in [1.165, 1.54) is 10.8 Å². The highest BCUT2D eigenvalue weighted by molar-refractivity contribution is 6.13. The zero-order chi connectivity index (χ0) is 36.6. The molecule has 0 N–H and O–H groups in total. The molecule has 11 rings (SSSR count). The van der Waals surface area contributed by atoms with Gasteiger partial charge in [-0.1, -0.05) is 103 Å². The maximum Gasteiger partial charge on any atom is 0.0992 e. The van der Waals surface area contributed by atoms with Gasteiger partial charge in [0.2, 0.25) is 0 Å². The van der Waals surface area contributed by atoms with Gasteiger partial charge in [0.25, 0.3) is 0 Å². The van der Waals surface area contributed by atoms with Crippen molar-refractivity contribution in [2.45, 2.75) is 0 Å². The first-order valence-corrected chi connectivity index (χ1v) is 18.3. The summed E-state index contributed by atoms with van der Waals surface area (Å²) in [5.74, 6) is 0. The van der Waals surface area contributed by atoms with Crippen LogP contribution in [-0.2, 0) is 0 Å². The van der Waals surface area contributed by atoms with Crippen molar-refractivity contribution in [2.75, 3.05) is 0 Å². The van der Waals surface area contributed by atoms with E-state index in [0.717, 1.165) is 82.8 Å². The van der Waals surface area contributed by atoms with Gasteiger partial charge in [0.15, 0.2) is 0 Å². The second-order valence-electron chi connectivity index (χ2n) is 14.0. The van der Waals surface area contributed by atoms with Crippen LogP contribution in [0.3, 0.4) is 0 Å². The van der Waals surface area contributed by atoms with E-state index in [1.807, 2.05) is 30.3 Å². The molecular formula is C50H29N5. The number of aromatic nitrogens is 3. The molecule has 254 valence electrons. The number of nitrogens with zero attached hydrogens (tertiary/aromatic N) is 5. The first-order valence-electron chi connectivity index (χ1n) is 18.3. The summed E-state index contributed by atoms with van der Waals surface area (Å²) in [5.41, 5.74) is 12.7. The minimum Gasteiger partial charge on any atom is -0.309 e. The molecule has 0 saturated heterocycles. The zero-order valence-corrected chi connectivity index (χ0v) is 29.5. The second-order valence-corrected chi connectivity index (χ2v) is 14.0. The molecule has 3 aromatic heterocycles. The van der Waals surface area contributed by atoms with E-state index in [4.69, 9.17) is 0 Å². The first kappa shape index (κ1) is 30.7. The molecule has 55 heavy (non-hydrogen) atoms. The lowest BCUT2D eigenvalue weighted by Crippen LogP contribution is -2.00. The second kappa shape index (κ2) is 11.8. The highest BCUT2D eigenvalue weighted by atomic mass is 15.0. The molecule has 0 amide bonds. The van der Waals surface area contributed by atoms with Crippen molar-refractivity contribution < 1.29 is 0 Å². The van der Waals surface area contributed by atoms with Crippen molar-refractivity contribution in [3.8, 4) is 40.3 Å². The van der Waals surface area contributed by atoms with Crippen LogP contribution in [0, 0.1) is 22.7 Å². The van der Waals surface area contributed by atoms with E-state index in [1.54, 1.807) is 0 Å². The van der Waals surface area contributed by atoms with E-state index < -0.39 is 0 Å². The first-order chi connectivity index (χ1) is 27.2. The summed E-state index contributed by atoms with van der Waals surface area (Å²) in [5, 5.41) is 27.0. The van der Waals surface area contributed by atoms with Gasteiger partial charge in [0.05, 0.1) is 62.1 Å². The van der Waals surface area contributed by atoms with Crippen molar-refractivity contribution in [1.29, 1.82) is 10.5 Å². The molecule has 0 aliphatic heterocycles. The molecule has 0 atom stereocenters. The summed E-state index contributed by atoms with van der Waals surface area (Å²) >= 11 is 0. The normalized spacial score (nSPS) is 11.6. The number of benzene rings is 8. The number of fused-ring (bicyclic) bond motifs is 9. The number of hydrogen-bond acceptors (Lipinski definition) is 2. The van der Waals surface area contributed by atoms with Gasteiger partial charge in [0, 0.05) is 49.3 Å². The Bertz CT molecular complexity index is 3420. The molecular weight excluding hydrogens is 671 g/mol. The molecule has 5 heteroatoms. The molecule has 0 radical (unpaired) electrons. The summed E-state index contributed by atoms with van der Waals surface area (Å²) < 4.78 is 6.92. The Kier molecular flexibility index (Phi) is 6.61. The van der Waals surface area contributed by atoms with Crippen LogP contribution in [0.4, 0.5) is 0 Å². The highest BCUT2D eigenvalue weighted by Gasteiger charge is 2.20. The van der Waals surface area contributed by atoms with E-state index in [9.17, 15) is 10.5 Å². The molecule has 0 spiro atoms. The summed E-state index contributed by atoms with van der Waals surface area (Å²) in [6.45, 7) is 0. The third kappa shape index (κ3) is 4.51. The number of hydrogen-bond donors (Lipinski definition) is 0. The van der Waals surface area contributed by atoms with Crippen LogP contribution in [0.15, 0.2) is 176 Å². The topological polar surface area (TPSA) is 62.4 Å². The summed E-state index contributed by atoms with van der Waals surface area (Å²) in [6, 6.07) is 66.0. The highest BCUT2D eigenvalue weighted by Crippen LogP contribution is 2.40. The maximum absolute atomic E-state index is 10.2. The summed E-state index contributed by atoms with van der Waals surface area (Å²) in [6.07, 6.45) is 0. The number of para-hydroxylation sites is 4. The van der Waals surface area contributed by atoms with Crippen LogP contribution in [0.5, 0.6) is 0 Å². The van der Waals surface area contributed by atoms with Gasteiger partial charge in [-0.15, -0.1) is 0 Å². The van der Waals surface area contributed by atoms with E-state index in [-0.39, 0.29) is 0 Å². The molecule has 8 aromatic carbocycles. The lowest BCUT2D eigenvalue weighted by atomic mass is 10.0. The maximum atomic E-state index is 10.2. The van der Waals surface area contributed by atoms with Gasteiger partial charge in [0.1, 0.15) is 0 Å². The fraction of sp³-hybridized carbons (Fsp3) is 0. The third-order valence-corrected chi connectivity index (χ3v) is 11.1. The Hall–Kier alpha value is -7.86. The monoisotopic (exact) mass is 699 g/mol. The van der Waals surface area contributed by atoms with Gasteiger partial charge in [-0.2, -0.15) is 10.5 Å². The Morgan fingerprint density at radius 3 is 1.38 bits per heavy atom. The fourth-order valence-electron chi connectivity index (χ4n) is 8.72. The van der Waals surface area contributed by atoms with Crippen molar-refractivity contribution >= 4 is 65.4 Å². The molecule has 5 nitrogen and oxygen atoms in total. The molecule has 0 bridgehead atoms. The molecule has 0 aliphatic carbocycles. The fourth-order valence-corrected chi connectivity index (χ4v) is 8.72. The van der Waals surface area contributed by atoms with Crippen molar-refractivity contribution in [3.63, 3.8) is 0 Å². The molecule has 0 aliphatic rings. The Labute approximate surface area is 316 Å². The summed E-state index contributed by atoms with van der Waals surface area (Å²) in [4.78, 5) is 0. The predicted octanol–water partition coefficient (Wildman–Crippen LogP) is 12.4. The quantitative estimate of drug-likeness (QED) is 0.184. The van der Waals surface area contributed by atoms with Crippen LogP contribution < -0.4 is 0 Å². The molecule has 0 fully saturated rings. The third-order valence-electron chi connectivity index (χ3n) is 11.1. The number of nitriles is 2. The van der Waals surface area contributed by atoms with E-state index in [2.05, 4.69) is 171 Å². The summed E-state index contributed by atoms with van der Waals surface area (Å²) in [7, 11) is 0. The Morgan fingerprint density at radius 1 is 0.327 bits per heavy atom. The largest absolute Gasteiger partial charge is 0.309 e. The van der Waals surface area contributed by atoms with Gasteiger partial charge >= 0.3 is 0 Å². The minimum atomic E-state index is 0.589. The van der Waals surface area contributed by atoms with E-state index in [0.29, 0.717) is 11.1 Å². The molecule has 11 aromatic rings. The average molecular weight is 700 g/mol. The molecule has 3 heterocycles. The predicted molar refractivity (Wildman–Crippen MR) is 224 cm³/mol. The van der Waals surface area contributed by atoms with Crippen molar-refractivity contribution in [1.82, 2.24) is 13.7 Å². The molecule has 0 saturated carbocycles. The minimum absolute atomic E-state index is 0.589. The van der Waals surface area contributed by atoms with Crippen molar-refractivity contribution in [3.05, 3.63) is 187 Å².